The Morgan fingerprint density at radius 1 is 1.35 bits per heavy atom. The molecular weight excluding hydrogens is 290 g/mol. The van der Waals surface area contributed by atoms with Gasteiger partial charge >= 0.3 is 0 Å². The number of benzene rings is 1. The lowest BCUT2D eigenvalue weighted by Crippen LogP contribution is -2.57. The van der Waals surface area contributed by atoms with Crippen LogP contribution in [0.4, 0.5) is 0 Å². The molecule has 2 aromatic rings. The molecule has 23 heavy (non-hydrogen) atoms. The number of piperazine rings is 1. The van der Waals surface area contributed by atoms with Crippen molar-refractivity contribution < 1.29 is 9.59 Å². The largest absolute Gasteiger partial charge is 0.353 e. The van der Waals surface area contributed by atoms with Gasteiger partial charge in [-0.15, -0.1) is 0 Å². The van der Waals surface area contributed by atoms with Gasteiger partial charge in [0.15, 0.2) is 0 Å². The third-order valence-electron chi connectivity index (χ3n) is 4.16. The van der Waals surface area contributed by atoms with Crippen LogP contribution in [0.25, 0.3) is 10.8 Å². The number of nitrogens with zero attached hydrogens (tertiary/aromatic N) is 2. The van der Waals surface area contributed by atoms with Crippen LogP contribution in [0.15, 0.2) is 36.5 Å². The van der Waals surface area contributed by atoms with Crippen LogP contribution in [0.2, 0.25) is 0 Å². The summed E-state index contributed by atoms with van der Waals surface area (Å²) in [6, 6.07) is 9.17. The van der Waals surface area contributed by atoms with Crippen molar-refractivity contribution in [2.24, 2.45) is 5.92 Å². The average Bonchev–Trinajstić information content (AvgIpc) is 2.55. The Hall–Kier alpha value is -2.43. The number of nitrogens with one attached hydrogen (secondary N) is 1. The Morgan fingerprint density at radius 3 is 2.91 bits per heavy atom. The molecule has 3 rings (SSSR count). The molecule has 1 atom stereocenters. The predicted octanol–water partition coefficient (Wildman–Crippen LogP) is 2.22. The van der Waals surface area contributed by atoms with Gasteiger partial charge in [-0.25, -0.2) is 0 Å². The highest BCUT2D eigenvalue weighted by molar-refractivity contribution is 6.06. The van der Waals surface area contributed by atoms with Crippen LogP contribution in [0.5, 0.6) is 0 Å². The van der Waals surface area contributed by atoms with Crippen molar-refractivity contribution in [2.75, 3.05) is 13.1 Å². The molecule has 0 bridgehead atoms. The quantitative estimate of drug-likeness (QED) is 0.945. The molecule has 120 valence electrons. The minimum Gasteiger partial charge on any atom is -0.353 e. The Kier molecular flexibility index (Phi) is 4.28. The summed E-state index contributed by atoms with van der Waals surface area (Å²) >= 11 is 0. The second-order valence-electron chi connectivity index (χ2n) is 6.32. The van der Waals surface area contributed by atoms with Gasteiger partial charge < -0.3 is 10.2 Å². The maximum absolute atomic E-state index is 13.0. The molecule has 0 aliphatic carbocycles. The summed E-state index contributed by atoms with van der Waals surface area (Å²) in [6.07, 6.45) is 2.30. The molecule has 1 aromatic heterocycles. The van der Waals surface area contributed by atoms with Crippen LogP contribution in [0, 0.1) is 5.92 Å². The highest BCUT2D eigenvalue weighted by atomic mass is 16.2. The zero-order chi connectivity index (χ0) is 16.4. The molecule has 5 heteroatoms. The molecule has 0 spiro atoms. The van der Waals surface area contributed by atoms with E-state index in [4.69, 9.17) is 0 Å². The van der Waals surface area contributed by atoms with Crippen LogP contribution in [0.1, 0.15) is 30.8 Å². The molecule has 1 aliphatic heterocycles. The van der Waals surface area contributed by atoms with Crippen molar-refractivity contribution in [1.82, 2.24) is 15.2 Å². The molecule has 1 aromatic carbocycles. The zero-order valence-electron chi connectivity index (χ0n) is 13.5. The lowest BCUT2D eigenvalue weighted by Gasteiger charge is -2.35. The minimum absolute atomic E-state index is 0.0708. The van der Waals surface area contributed by atoms with Gasteiger partial charge in [0.1, 0.15) is 11.7 Å². The van der Waals surface area contributed by atoms with E-state index in [0.717, 1.165) is 10.8 Å². The fourth-order valence-electron chi connectivity index (χ4n) is 3.06. The number of hydrogen-bond donors (Lipinski definition) is 1. The van der Waals surface area contributed by atoms with E-state index in [1.165, 1.54) is 0 Å². The molecule has 0 unspecified atom stereocenters. The molecule has 2 amide bonds. The third-order valence-corrected chi connectivity index (χ3v) is 4.16. The number of carbonyl (C=O) groups is 2. The molecule has 1 aliphatic rings. The molecular formula is C18H21N3O2. The normalized spacial score (nSPS) is 18.3. The van der Waals surface area contributed by atoms with E-state index in [1.54, 1.807) is 11.1 Å². The van der Waals surface area contributed by atoms with Crippen molar-refractivity contribution in [3.05, 3.63) is 42.2 Å². The lowest BCUT2D eigenvalue weighted by molar-refractivity contribution is -0.128. The first kappa shape index (κ1) is 15.5. The van der Waals surface area contributed by atoms with Gasteiger partial charge in [-0.1, -0.05) is 38.1 Å². The Balaban J connectivity index is 1.98. The van der Waals surface area contributed by atoms with Gasteiger partial charge in [-0.3, -0.25) is 14.6 Å². The summed E-state index contributed by atoms with van der Waals surface area (Å²) in [7, 11) is 0. The van der Waals surface area contributed by atoms with E-state index in [0.29, 0.717) is 31.1 Å². The van der Waals surface area contributed by atoms with Crippen molar-refractivity contribution in [3.63, 3.8) is 0 Å². The van der Waals surface area contributed by atoms with Gasteiger partial charge in [0.2, 0.25) is 5.91 Å². The summed E-state index contributed by atoms with van der Waals surface area (Å²) in [5, 5.41) is 4.67. The number of pyridine rings is 1. The second kappa shape index (κ2) is 6.36. The van der Waals surface area contributed by atoms with E-state index in [2.05, 4.69) is 24.1 Å². The van der Waals surface area contributed by atoms with E-state index in [1.807, 2.05) is 30.3 Å². The van der Waals surface area contributed by atoms with E-state index < -0.39 is 6.04 Å². The van der Waals surface area contributed by atoms with Gasteiger partial charge in [-0.2, -0.15) is 0 Å². The number of rotatable bonds is 3. The summed E-state index contributed by atoms with van der Waals surface area (Å²) in [6.45, 7) is 5.12. The highest BCUT2D eigenvalue weighted by Gasteiger charge is 2.34. The molecule has 0 saturated carbocycles. The van der Waals surface area contributed by atoms with Crippen LogP contribution in [-0.4, -0.2) is 40.8 Å². The standard InChI is InChI=1S/C18H21N3O2/c1-12(2)11-15-17(22)20-9-10-21(15)18(23)16-14-6-4-3-5-13(14)7-8-19-16/h3-8,12,15H,9-11H2,1-2H3,(H,20,22)/t15-/m1/s1. The number of hydrogen-bond acceptors (Lipinski definition) is 3. The van der Waals surface area contributed by atoms with Crippen molar-refractivity contribution >= 4 is 22.6 Å². The average molecular weight is 311 g/mol. The van der Waals surface area contributed by atoms with Crippen LogP contribution >= 0.6 is 0 Å². The first-order chi connectivity index (χ1) is 11.1. The smallest absolute Gasteiger partial charge is 0.273 e. The highest BCUT2D eigenvalue weighted by Crippen LogP contribution is 2.21. The van der Waals surface area contributed by atoms with E-state index >= 15 is 0 Å². The Morgan fingerprint density at radius 2 is 2.13 bits per heavy atom. The third kappa shape index (κ3) is 3.04. The van der Waals surface area contributed by atoms with Gasteiger partial charge in [-0.05, 0) is 23.8 Å². The number of fused-ring (bicyclic) bond motifs is 1. The monoisotopic (exact) mass is 311 g/mol. The molecule has 5 nitrogen and oxygen atoms in total. The van der Waals surface area contributed by atoms with Gasteiger partial charge in [0.25, 0.3) is 5.91 Å². The second-order valence-corrected chi connectivity index (χ2v) is 6.32. The number of amides is 2. The van der Waals surface area contributed by atoms with Crippen molar-refractivity contribution in [2.45, 2.75) is 26.3 Å². The summed E-state index contributed by atoms with van der Waals surface area (Å²) in [4.78, 5) is 31.2. The molecule has 1 fully saturated rings. The molecule has 1 saturated heterocycles. The topological polar surface area (TPSA) is 62.3 Å². The Labute approximate surface area is 135 Å². The number of aromatic nitrogens is 1. The van der Waals surface area contributed by atoms with Gasteiger partial charge in [0, 0.05) is 24.7 Å². The van der Waals surface area contributed by atoms with Crippen LogP contribution in [0.3, 0.4) is 0 Å². The fraction of sp³-hybridized carbons (Fsp3) is 0.389. The first-order valence-corrected chi connectivity index (χ1v) is 8.00. The van der Waals surface area contributed by atoms with Crippen molar-refractivity contribution in [3.8, 4) is 0 Å². The molecule has 0 radical (unpaired) electrons. The maximum Gasteiger partial charge on any atom is 0.273 e. The van der Waals surface area contributed by atoms with Crippen LogP contribution < -0.4 is 5.32 Å². The summed E-state index contributed by atoms with van der Waals surface area (Å²) < 4.78 is 0. The maximum atomic E-state index is 13.0. The van der Waals surface area contributed by atoms with Crippen LogP contribution in [-0.2, 0) is 4.79 Å². The van der Waals surface area contributed by atoms with Gasteiger partial charge in [0.05, 0.1) is 0 Å². The fourth-order valence-corrected chi connectivity index (χ4v) is 3.06. The van der Waals surface area contributed by atoms with E-state index in [9.17, 15) is 9.59 Å². The lowest BCUT2D eigenvalue weighted by atomic mass is 9.99. The summed E-state index contributed by atoms with van der Waals surface area (Å²) in [5.74, 6) is 0.0977. The molecule has 1 N–H and O–H groups in total. The number of carbonyl (C=O) groups excluding carboxylic acids is 2. The van der Waals surface area contributed by atoms with Crippen molar-refractivity contribution in [1.29, 1.82) is 0 Å². The summed E-state index contributed by atoms with van der Waals surface area (Å²) in [5.41, 5.74) is 0.423. The Bertz CT molecular complexity index is 737. The first-order valence-electron chi connectivity index (χ1n) is 8.00. The zero-order valence-corrected chi connectivity index (χ0v) is 13.5. The van der Waals surface area contributed by atoms with E-state index in [-0.39, 0.29) is 11.8 Å². The predicted molar refractivity (Wildman–Crippen MR) is 89.0 cm³/mol. The minimum atomic E-state index is -0.419. The molecule has 2 heterocycles. The SMILES string of the molecule is CC(C)C[C@@H]1C(=O)NCCN1C(=O)c1nccc2ccccc12.